The smallest absolute Gasteiger partial charge is 0.0750 e. The highest BCUT2D eigenvalue weighted by Gasteiger charge is 2.33. The van der Waals surface area contributed by atoms with E-state index in [0.717, 1.165) is 23.2 Å². The molecule has 1 aliphatic heterocycles. The average molecular weight is 306 g/mol. The van der Waals surface area contributed by atoms with Crippen LogP contribution >= 0.6 is 27.5 Å². The lowest BCUT2D eigenvalue weighted by Gasteiger charge is -2.28. The lowest BCUT2D eigenvalue weighted by atomic mass is 9.98. The first-order valence-corrected chi connectivity index (χ1v) is 6.33. The molecule has 0 aromatic heterocycles. The van der Waals surface area contributed by atoms with Crippen molar-refractivity contribution in [2.75, 3.05) is 25.1 Å². The fraction of sp³-hybridized carbons (Fsp3) is 0.455. The summed E-state index contributed by atoms with van der Waals surface area (Å²) in [7, 11) is 0. The number of hydrogen-bond donors (Lipinski definition) is 2. The average Bonchev–Trinajstić information content (AvgIpc) is 2.73. The Balaban J connectivity index is 2.16. The summed E-state index contributed by atoms with van der Waals surface area (Å²) in [6, 6.07) is 5.76. The van der Waals surface area contributed by atoms with Crippen molar-refractivity contribution in [3.8, 4) is 0 Å². The molecule has 0 amide bonds. The molecule has 1 unspecified atom stereocenters. The lowest BCUT2D eigenvalue weighted by Crippen LogP contribution is -2.46. The van der Waals surface area contributed by atoms with Gasteiger partial charge in [0.2, 0.25) is 0 Å². The van der Waals surface area contributed by atoms with Crippen LogP contribution in [0.4, 0.5) is 5.69 Å². The highest BCUT2D eigenvalue weighted by atomic mass is 79.9. The molecule has 3 nitrogen and oxygen atoms in total. The van der Waals surface area contributed by atoms with Crippen LogP contribution in [0.2, 0.25) is 5.02 Å². The van der Waals surface area contributed by atoms with Crippen molar-refractivity contribution in [2.24, 2.45) is 5.73 Å². The third kappa shape index (κ3) is 2.51. The van der Waals surface area contributed by atoms with Crippen molar-refractivity contribution in [1.29, 1.82) is 0 Å². The maximum absolute atomic E-state index is 5.94. The number of ether oxygens (including phenoxy) is 1. The predicted molar refractivity (Wildman–Crippen MR) is 70.0 cm³/mol. The number of benzene rings is 1. The molecule has 1 aromatic rings. The summed E-state index contributed by atoms with van der Waals surface area (Å²) >= 11 is 9.34. The predicted octanol–water partition coefficient (Wildman–Crippen LogP) is 2.63. The molecule has 3 N–H and O–H groups in total. The second-order valence-corrected chi connectivity index (χ2v) is 5.30. The van der Waals surface area contributed by atoms with Gasteiger partial charge in [0.1, 0.15) is 0 Å². The van der Waals surface area contributed by atoms with E-state index in [1.165, 1.54) is 0 Å². The van der Waals surface area contributed by atoms with Gasteiger partial charge in [0.25, 0.3) is 0 Å². The minimum Gasteiger partial charge on any atom is -0.379 e. The third-order valence-electron chi connectivity index (χ3n) is 2.82. The largest absolute Gasteiger partial charge is 0.379 e. The molecule has 2 rings (SSSR count). The fourth-order valence-electron chi connectivity index (χ4n) is 1.80. The minimum absolute atomic E-state index is 0.132. The van der Waals surface area contributed by atoms with Crippen LogP contribution in [0.3, 0.4) is 0 Å². The van der Waals surface area contributed by atoms with Crippen molar-refractivity contribution in [3.63, 3.8) is 0 Å². The molecule has 1 fully saturated rings. The van der Waals surface area contributed by atoms with Crippen LogP contribution < -0.4 is 11.1 Å². The zero-order valence-corrected chi connectivity index (χ0v) is 11.1. The molecule has 0 spiro atoms. The van der Waals surface area contributed by atoms with Gasteiger partial charge in [0, 0.05) is 23.3 Å². The molecule has 1 aromatic carbocycles. The maximum Gasteiger partial charge on any atom is 0.0750 e. The van der Waals surface area contributed by atoms with Gasteiger partial charge in [-0.1, -0.05) is 11.6 Å². The van der Waals surface area contributed by atoms with E-state index in [4.69, 9.17) is 22.1 Å². The van der Waals surface area contributed by atoms with E-state index < -0.39 is 0 Å². The highest BCUT2D eigenvalue weighted by Crippen LogP contribution is 2.29. The summed E-state index contributed by atoms with van der Waals surface area (Å²) in [4.78, 5) is 0. The van der Waals surface area contributed by atoms with Crippen LogP contribution in [0.1, 0.15) is 6.42 Å². The highest BCUT2D eigenvalue weighted by molar-refractivity contribution is 9.10. The van der Waals surface area contributed by atoms with E-state index in [0.29, 0.717) is 18.2 Å². The Morgan fingerprint density at radius 3 is 2.94 bits per heavy atom. The van der Waals surface area contributed by atoms with E-state index >= 15 is 0 Å². The second kappa shape index (κ2) is 4.92. The Hall–Kier alpha value is -0.290. The molecule has 88 valence electrons. The summed E-state index contributed by atoms with van der Waals surface area (Å²) in [5.74, 6) is 0. The summed E-state index contributed by atoms with van der Waals surface area (Å²) in [6.45, 7) is 1.98. The molecule has 5 heteroatoms. The molecule has 1 saturated heterocycles. The molecule has 1 heterocycles. The molecule has 0 bridgehead atoms. The third-order valence-corrected chi connectivity index (χ3v) is 4.04. The Morgan fingerprint density at radius 1 is 1.56 bits per heavy atom. The maximum atomic E-state index is 5.94. The van der Waals surface area contributed by atoms with Crippen molar-refractivity contribution in [1.82, 2.24) is 0 Å². The Kier molecular flexibility index (Phi) is 3.74. The van der Waals surface area contributed by atoms with Gasteiger partial charge in [-0.25, -0.2) is 0 Å². The Morgan fingerprint density at radius 2 is 2.38 bits per heavy atom. The quantitative estimate of drug-likeness (QED) is 0.902. The van der Waals surface area contributed by atoms with Crippen LogP contribution in [-0.2, 0) is 4.74 Å². The van der Waals surface area contributed by atoms with Crippen LogP contribution in [0, 0.1) is 0 Å². The van der Waals surface area contributed by atoms with Gasteiger partial charge in [-0.2, -0.15) is 0 Å². The molecular weight excluding hydrogens is 291 g/mol. The second-order valence-electron chi connectivity index (χ2n) is 4.04. The van der Waals surface area contributed by atoms with Crippen LogP contribution in [0.25, 0.3) is 0 Å². The minimum atomic E-state index is -0.132. The lowest BCUT2D eigenvalue weighted by molar-refractivity contribution is 0.183. The Labute approximate surface area is 108 Å². The van der Waals surface area contributed by atoms with E-state index in [1.54, 1.807) is 0 Å². The first-order valence-electron chi connectivity index (χ1n) is 5.16. The number of hydrogen-bond acceptors (Lipinski definition) is 3. The van der Waals surface area contributed by atoms with Crippen molar-refractivity contribution in [3.05, 3.63) is 27.7 Å². The number of nitrogens with two attached hydrogens (primary N) is 1. The zero-order valence-electron chi connectivity index (χ0n) is 8.80. The molecule has 0 radical (unpaired) electrons. The van der Waals surface area contributed by atoms with Gasteiger partial charge >= 0.3 is 0 Å². The molecule has 0 saturated carbocycles. The van der Waals surface area contributed by atoms with Gasteiger partial charge < -0.3 is 15.8 Å². The Bertz CT molecular complexity index is 380. The van der Waals surface area contributed by atoms with E-state index in [9.17, 15) is 0 Å². The van der Waals surface area contributed by atoms with Gasteiger partial charge in [0.05, 0.1) is 17.2 Å². The van der Waals surface area contributed by atoms with Crippen molar-refractivity contribution < 1.29 is 4.74 Å². The fourth-order valence-corrected chi connectivity index (χ4v) is 2.29. The summed E-state index contributed by atoms with van der Waals surface area (Å²) in [5.41, 5.74) is 6.68. The van der Waals surface area contributed by atoms with Gasteiger partial charge in [-0.3, -0.25) is 0 Å². The summed E-state index contributed by atoms with van der Waals surface area (Å²) in [5, 5.41) is 4.14. The molecule has 1 atom stereocenters. The van der Waals surface area contributed by atoms with Crippen molar-refractivity contribution >= 4 is 33.2 Å². The van der Waals surface area contributed by atoms with E-state index in [1.807, 2.05) is 18.2 Å². The SMILES string of the molecule is NCC1(Nc2ccc(Cl)c(Br)c2)CCOC1. The summed E-state index contributed by atoms with van der Waals surface area (Å²) < 4.78 is 6.28. The first-order chi connectivity index (χ1) is 7.65. The topological polar surface area (TPSA) is 47.3 Å². The van der Waals surface area contributed by atoms with Gasteiger partial charge in [-0.05, 0) is 40.5 Å². The monoisotopic (exact) mass is 304 g/mol. The van der Waals surface area contributed by atoms with Crippen LogP contribution in [0.5, 0.6) is 0 Å². The van der Waals surface area contributed by atoms with Gasteiger partial charge in [-0.15, -0.1) is 0 Å². The van der Waals surface area contributed by atoms with Crippen molar-refractivity contribution in [2.45, 2.75) is 12.0 Å². The number of halogens is 2. The number of rotatable bonds is 3. The molecule has 16 heavy (non-hydrogen) atoms. The standard InChI is InChI=1S/C11H14BrClN2O/c12-9-5-8(1-2-10(9)13)15-11(6-14)3-4-16-7-11/h1-2,5,15H,3-4,6-7,14H2. The van der Waals surface area contributed by atoms with Crippen LogP contribution in [-0.4, -0.2) is 25.3 Å². The van der Waals surface area contributed by atoms with Gasteiger partial charge in [0.15, 0.2) is 0 Å². The van der Waals surface area contributed by atoms with E-state index in [-0.39, 0.29) is 5.54 Å². The van der Waals surface area contributed by atoms with Crippen LogP contribution in [0.15, 0.2) is 22.7 Å². The summed E-state index contributed by atoms with van der Waals surface area (Å²) in [6.07, 6.45) is 0.934. The molecule has 0 aliphatic carbocycles. The number of nitrogens with one attached hydrogen (secondary N) is 1. The normalized spacial score (nSPS) is 24.7. The molecule has 1 aliphatic rings. The first kappa shape index (κ1) is 12.2. The molecular formula is C11H14BrClN2O. The zero-order chi connectivity index (χ0) is 11.6. The number of anilines is 1. The van der Waals surface area contributed by atoms with E-state index in [2.05, 4.69) is 21.2 Å².